The highest BCUT2D eigenvalue weighted by Gasteiger charge is 2.54. The third kappa shape index (κ3) is 4.70. The minimum atomic E-state index is -0.774. The molecule has 0 saturated carbocycles. The lowest BCUT2D eigenvalue weighted by atomic mass is 9.75. The van der Waals surface area contributed by atoms with Gasteiger partial charge in [-0.15, -0.1) is 0 Å². The summed E-state index contributed by atoms with van der Waals surface area (Å²) in [7, 11) is 0. The van der Waals surface area contributed by atoms with Crippen molar-refractivity contribution in [2.24, 2.45) is 23.7 Å². The molecule has 7 nitrogen and oxygen atoms in total. The van der Waals surface area contributed by atoms with E-state index in [1.165, 1.54) is 0 Å². The van der Waals surface area contributed by atoms with E-state index in [1.807, 2.05) is 27.7 Å². The van der Waals surface area contributed by atoms with Crippen molar-refractivity contribution in [1.29, 1.82) is 0 Å². The molecule has 182 valence electrons. The normalized spacial score (nSPS) is 36.1. The maximum atomic E-state index is 11.4. The number of ether oxygens (including phenoxy) is 6. The molecular weight excluding hydrogens is 400 g/mol. The average Bonchev–Trinajstić information content (AvgIpc) is 3.43. The molecule has 0 unspecified atom stereocenters. The molecule has 3 aliphatic heterocycles. The molecule has 3 rings (SSSR count). The molecule has 7 atom stereocenters. The molecule has 1 N–H and O–H groups in total. The maximum absolute atomic E-state index is 11.4. The lowest BCUT2D eigenvalue weighted by Crippen LogP contribution is -2.60. The average molecular weight is 445 g/mol. The van der Waals surface area contributed by atoms with Crippen LogP contribution >= 0.6 is 0 Å². The van der Waals surface area contributed by atoms with Crippen molar-refractivity contribution in [3.05, 3.63) is 0 Å². The summed E-state index contributed by atoms with van der Waals surface area (Å²) in [5, 5.41) is 11.4. The molecule has 0 aliphatic carbocycles. The Hall–Kier alpha value is -0.280. The van der Waals surface area contributed by atoms with E-state index in [0.29, 0.717) is 32.8 Å². The zero-order chi connectivity index (χ0) is 23.0. The number of hydrogen-bond donors (Lipinski definition) is 1. The zero-order valence-corrected chi connectivity index (χ0v) is 20.7. The van der Waals surface area contributed by atoms with Crippen LogP contribution in [0.1, 0.15) is 68.2 Å². The Bertz CT molecular complexity index is 578. The number of rotatable bonds is 8. The van der Waals surface area contributed by atoms with Crippen LogP contribution < -0.4 is 0 Å². The van der Waals surface area contributed by atoms with Gasteiger partial charge in [0.1, 0.15) is 0 Å². The topological polar surface area (TPSA) is 75.6 Å². The van der Waals surface area contributed by atoms with E-state index in [2.05, 4.69) is 27.7 Å². The molecule has 3 heterocycles. The van der Waals surface area contributed by atoms with Gasteiger partial charge in [-0.1, -0.05) is 41.5 Å². The minimum Gasteiger partial charge on any atom is -0.392 e. The van der Waals surface area contributed by atoms with Crippen molar-refractivity contribution in [2.75, 3.05) is 26.4 Å². The third-order valence-corrected chi connectivity index (χ3v) is 7.86. The molecule has 0 aromatic rings. The van der Waals surface area contributed by atoms with Crippen LogP contribution in [0.15, 0.2) is 0 Å². The highest BCUT2D eigenvalue weighted by atomic mass is 16.8. The van der Waals surface area contributed by atoms with Gasteiger partial charge in [0.25, 0.3) is 0 Å². The number of aliphatic hydroxyl groups is 1. The predicted molar refractivity (Wildman–Crippen MR) is 116 cm³/mol. The second kappa shape index (κ2) is 9.53. The first-order chi connectivity index (χ1) is 14.5. The van der Waals surface area contributed by atoms with E-state index in [9.17, 15) is 5.11 Å². The standard InChI is InChI=1S/C24H44O7/c1-9-23(26-11-12-27-23)17(5)19(25)15(3)20-16(4)21(31-22(7,8)30-20)18(6)24(10-2)28-13-14-29-24/h15-21,25H,9-14H2,1-8H3/t15-,16+,17-,18+,19+,20-,21-/m1/s1. The molecule has 0 bridgehead atoms. The van der Waals surface area contributed by atoms with Crippen LogP contribution in [0, 0.1) is 23.7 Å². The van der Waals surface area contributed by atoms with Gasteiger partial charge in [-0.3, -0.25) is 0 Å². The lowest BCUT2D eigenvalue weighted by Gasteiger charge is -2.52. The summed E-state index contributed by atoms with van der Waals surface area (Å²) in [5.41, 5.74) is 0. The van der Waals surface area contributed by atoms with Crippen LogP contribution in [-0.2, 0) is 28.4 Å². The Balaban J connectivity index is 1.81. The van der Waals surface area contributed by atoms with Gasteiger partial charge >= 0.3 is 0 Å². The fourth-order valence-corrected chi connectivity index (χ4v) is 5.91. The van der Waals surface area contributed by atoms with Crippen LogP contribution in [0.3, 0.4) is 0 Å². The Morgan fingerprint density at radius 2 is 1.26 bits per heavy atom. The van der Waals surface area contributed by atoms with Gasteiger partial charge in [0.05, 0.1) is 44.7 Å². The summed E-state index contributed by atoms with van der Waals surface area (Å²) < 4.78 is 36.9. The minimum absolute atomic E-state index is 0.0194. The summed E-state index contributed by atoms with van der Waals surface area (Å²) in [6.45, 7) is 18.7. The van der Waals surface area contributed by atoms with Crippen LogP contribution in [0.2, 0.25) is 0 Å². The van der Waals surface area contributed by atoms with Crippen LogP contribution in [0.4, 0.5) is 0 Å². The van der Waals surface area contributed by atoms with E-state index >= 15 is 0 Å². The smallest absolute Gasteiger partial charge is 0.173 e. The van der Waals surface area contributed by atoms with Crippen molar-refractivity contribution in [3.8, 4) is 0 Å². The third-order valence-electron chi connectivity index (χ3n) is 7.86. The molecule has 0 aromatic carbocycles. The van der Waals surface area contributed by atoms with E-state index in [4.69, 9.17) is 28.4 Å². The van der Waals surface area contributed by atoms with Gasteiger partial charge in [-0.2, -0.15) is 0 Å². The number of aliphatic hydroxyl groups excluding tert-OH is 1. The first kappa shape index (κ1) is 25.3. The van der Waals surface area contributed by atoms with E-state index < -0.39 is 23.5 Å². The Kier molecular flexibility index (Phi) is 7.79. The fraction of sp³-hybridized carbons (Fsp3) is 1.00. The van der Waals surface area contributed by atoms with Crippen molar-refractivity contribution in [3.63, 3.8) is 0 Å². The first-order valence-corrected chi connectivity index (χ1v) is 12.1. The van der Waals surface area contributed by atoms with Gasteiger partial charge in [0, 0.05) is 23.7 Å². The number of hydrogen-bond acceptors (Lipinski definition) is 7. The highest BCUT2D eigenvalue weighted by Crippen LogP contribution is 2.45. The zero-order valence-electron chi connectivity index (χ0n) is 20.7. The monoisotopic (exact) mass is 444 g/mol. The van der Waals surface area contributed by atoms with E-state index in [1.54, 1.807) is 0 Å². The second-order valence-electron chi connectivity index (χ2n) is 10.1. The van der Waals surface area contributed by atoms with Crippen molar-refractivity contribution in [2.45, 2.75) is 104 Å². The highest BCUT2D eigenvalue weighted by molar-refractivity contribution is 4.96. The molecule has 31 heavy (non-hydrogen) atoms. The molecule has 0 radical (unpaired) electrons. The summed E-state index contributed by atoms with van der Waals surface area (Å²) in [5.74, 6) is -2.40. The fourth-order valence-electron chi connectivity index (χ4n) is 5.91. The summed E-state index contributed by atoms with van der Waals surface area (Å²) >= 11 is 0. The van der Waals surface area contributed by atoms with E-state index in [-0.39, 0.29) is 35.9 Å². The van der Waals surface area contributed by atoms with Crippen LogP contribution in [0.25, 0.3) is 0 Å². The van der Waals surface area contributed by atoms with Crippen molar-refractivity contribution in [1.82, 2.24) is 0 Å². The molecule has 0 spiro atoms. The molecule has 7 heteroatoms. The Morgan fingerprint density at radius 3 is 1.74 bits per heavy atom. The van der Waals surface area contributed by atoms with Crippen molar-refractivity contribution < 1.29 is 33.5 Å². The Labute approximate surface area is 188 Å². The van der Waals surface area contributed by atoms with Crippen molar-refractivity contribution >= 4 is 0 Å². The lowest BCUT2D eigenvalue weighted by molar-refractivity contribution is -0.356. The quantitative estimate of drug-likeness (QED) is 0.611. The first-order valence-electron chi connectivity index (χ1n) is 12.1. The summed E-state index contributed by atoms with van der Waals surface area (Å²) in [6, 6.07) is 0. The van der Waals surface area contributed by atoms with Crippen LogP contribution in [-0.4, -0.2) is 67.2 Å². The summed E-state index contributed by atoms with van der Waals surface area (Å²) in [4.78, 5) is 0. The van der Waals surface area contributed by atoms with Crippen LogP contribution in [0.5, 0.6) is 0 Å². The largest absolute Gasteiger partial charge is 0.392 e. The molecule has 3 aliphatic rings. The van der Waals surface area contributed by atoms with Gasteiger partial charge in [-0.05, 0) is 26.7 Å². The molecule has 3 saturated heterocycles. The molecular formula is C24H44O7. The SMILES string of the molecule is CCC1([C@H](C)[C@@H](O)[C@@H](C)[C@H]2OC(C)(C)O[C@@H]([C@H](C)C3(CC)OCCO3)[C@H]2C)OCCO1. The van der Waals surface area contributed by atoms with Gasteiger partial charge in [0.2, 0.25) is 0 Å². The summed E-state index contributed by atoms with van der Waals surface area (Å²) in [6.07, 6.45) is 0.487. The second-order valence-corrected chi connectivity index (χ2v) is 10.1. The predicted octanol–water partition coefficient (Wildman–Crippen LogP) is 3.72. The van der Waals surface area contributed by atoms with Gasteiger partial charge in [-0.25, -0.2) is 0 Å². The van der Waals surface area contributed by atoms with Gasteiger partial charge < -0.3 is 33.5 Å². The molecule has 0 amide bonds. The van der Waals surface area contributed by atoms with Gasteiger partial charge in [0.15, 0.2) is 17.4 Å². The molecule has 3 fully saturated rings. The molecule has 0 aromatic heterocycles. The maximum Gasteiger partial charge on any atom is 0.173 e. The Morgan fingerprint density at radius 1 is 0.806 bits per heavy atom. The van der Waals surface area contributed by atoms with E-state index in [0.717, 1.165) is 6.42 Å².